The highest BCUT2D eigenvalue weighted by Gasteiger charge is 2.50. The molecule has 0 unspecified atom stereocenters. The third-order valence-electron chi connectivity index (χ3n) is 23.8. The average molecular weight is 2040 g/mol. The van der Waals surface area contributed by atoms with Crippen LogP contribution in [0.4, 0.5) is 18.0 Å². The van der Waals surface area contributed by atoms with Gasteiger partial charge in [0.25, 0.3) is 17.7 Å². The van der Waals surface area contributed by atoms with Gasteiger partial charge in [-0.2, -0.15) is 21.6 Å². The van der Waals surface area contributed by atoms with Crippen molar-refractivity contribution in [2.24, 2.45) is 29.4 Å². The number of allylic oxidation sites excluding steroid dienone is 1. The van der Waals surface area contributed by atoms with Crippen LogP contribution in [0, 0.1) is 44.4 Å². The molecule has 788 valence electrons. The van der Waals surface area contributed by atoms with Crippen molar-refractivity contribution in [2.75, 3.05) is 26.7 Å². The maximum atomic E-state index is 14.1. The van der Waals surface area contributed by atoms with Crippen molar-refractivity contribution >= 4 is 102 Å². The molecule has 0 bridgehead atoms. The molecule has 9 rings (SSSR count). The van der Waals surface area contributed by atoms with Crippen molar-refractivity contribution in [3.8, 4) is 0 Å². The molecule has 3 heterocycles. The van der Waals surface area contributed by atoms with Gasteiger partial charge in [-0.15, -0.1) is 6.58 Å². The molecule has 0 saturated carbocycles. The van der Waals surface area contributed by atoms with Crippen LogP contribution in [0.5, 0.6) is 0 Å². The molecule has 10 N–H and O–H groups in total. The lowest BCUT2D eigenvalue weighted by Crippen LogP contribution is -2.62. The van der Waals surface area contributed by atoms with Crippen molar-refractivity contribution in [3.63, 3.8) is 0 Å². The fourth-order valence-electron chi connectivity index (χ4n) is 15.8. The van der Waals surface area contributed by atoms with Crippen LogP contribution in [0.3, 0.4) is 0 Å². The summed E-state index contributed by atoms with van der Waals surface area (Å²) in [4.78, 5) is 147. The summed E-state index contributed by atoms with van der Waals surface area (Å²) in [5.41, 5.74) is 20.2. The number of benzene rings is 6. The van der Waals surface area contributed by atoms with Crippen LogP contribution in [-0.4, -0.2) is 195 Å². The van der Waals surface area contributed by atoms with Crippen molar-refractivity contribution in [2.45, 2.75) is 291 Å². The first-order chi connectivity index (χ1) is 67.6. The first-order valence-electron chi connectivity index (χ1n) is 48.9. The number of hydrogen-bond donors (Lipinski definition) is 9. The Balaban J connectivity index is 0.000000313. The molecule has 36 heteroatoms. The van der Waals surface area contributed by atoms with Gasteiger partial charge in [-0.05, 0) is 219 Å². The van der Waals surface area contributed by atoms with E-state index in [9.17, 15) is 74.3 Å². The zero-order valence-electron chi connectivity index (χ0n) is 86.9. The van der Waals surface area contributed by atoms with Crippen LogP contribution < -0.4 is 48.6 Å². The van der Waals surface area contributed by atoms with E-state index in [1.165, 1.54) is 34.7 Å². The van der Waals surface area contributed by atoms with Gasteiger partial charge in [0.2, 0.25) is 31.9 Å². The van der Waals surface area contributed by atoms with Crippen molar-refractivity contribution in [1.82, 2.24) is 57.9 Å². The van der Waals surface area contributed by atoms with Crippen molar-refractivity contribution < 1.29 is 102 Å². The topological polar surface area (TPSA) is 409 Å². The summed E-state index contributed by atoms with van der Waals surface area (Å²) in [6.45, 7) is 49.6. The van der Waals surface area contributed by atoms with Crippen molar-refractivity contribution in [1.29, 1.82) is 0 Å². The molecule has 144 heavy (non-hydrogen) atoms. The first-order valence-corrected chi connectivity index (χ1v) is 53.7. The second kappa shape index (κ2) is 57.0. The van der Waals surface area contributed by atoms with E-state index in [-0.39, 0.29) is 60.3 Å². The summed E-state index contributed by atoms with van der Waals surface area (Å²) < 4.78 is 87.9. The molecule has 0 aliphatic carbocycles. The number of alkyl carbamates (subject to hydrolysis) is 1. The Kier molecular flexibility index (Phi) is 47.8. The minimum absolute atomic E-state index is 0.0776. The summed E-state index contributed by atoms with van der Waals surface area (Å²) in [6.07, 6.45) is 9.81. The van der Waals surface area contributed by atoms with Crippen LogP contribution in [0.2, 0.25) is 19.6 Å². The van der Waals surface area contributed by atoms with Gasteiger partial charge >= 0.3 is 39.6 Å². The third kappa shape index (κ3) is 39.5. The quantitative estimate of drug-likeness (QED) is 0.00567. The molecule has 0 radical (unpaired) electrons. The van der Waals surface area contributed by atoms with Crippen LogP contribution in [0.1, 0.15) is 226 Å². The number of methoxy groups -OCH3 is 1. The predicted octanol–water partition coefficient (Wildman–Crippen LogP) is 15.4. The fourth-order valence-corrected chi connectivity index (χ4v) is 18.8. The highest BCUT2D eigenvalue weighted by molar-refractivity contribution is 7.88. The van der Waals surface area contributed by atoms with Crippen molar-refractivity contribution in [3.05, 3.63) is 245 Å². The van der Waals surface area contributed by atoms with Crippen LogP contribution in [0.15, 0.2) is 178 Å². The highest BCUT2D eigenvalue weighted by atomic mass is 32.2. The van der Waals surface area contributed by atoms with E-state index in [1.807, 2.05) is 201 Å². The lowest BCUT2D eigenvalue weighted by molar-refractivity contribution is -0.158. The Morgan fingerprint density at radius 1 is 0.472 bits per heavy atom. The van der Waals surface area contributed by atoms with Gasteiger partial charge < -0.3 is 59.9 Å². The van der Waals surface area contributed by atoms with E-state index in [1.54, 1.807) is 86.8 Å². The number of nitrogens with two attached hydrogens (primary N) is 1. The number of alkyl halides is 3. The van der Waals surface area contributed by atoms with E-state index >= 15 is 0 Å². The number of carbonyl (C=O) groups is 11. The second-order valence-electron chi connectivity index (χ2n) is 39.5. The number of rotatable bonds is 40. The van der Waals surface area contributed by atoms with Crippen LogP contribution in [0.25, 0.3) is 18.2 Å². The molecule has 6 aromatic carbocycles. The molecule has 6 aromatic rings. The van der Waals surface area contributed by atoms with Gasteiger partial charge in [0.1, 0.15) is 72.2 Å². The Morgan fingerprint density at radius 2 is 0.799 bits per heavy atom. The van der Waals surface area contributed by atoms with Gasteiger partial charge in [-0.1, -0.05) is 237 Å². The van der Waals surface area contributed by atoms with Crippen LogP contribution in [-0.2, 0) is 105 Å². The third-order valence-corrected chi connectivity index (χ3v) is 27.3. The number of halogens is 3. The summed E-state index contributed by atoms with van der Waals surface area (Å²) in [7, 11) is -6.54. The Bertz CT molecular complexity index is 5480. The highest BCUT2D eigenvalue weighted by Crippen LogP contribution is 2.30. The molecular formula is C108H151F3N12O19SSi. The number of nitrogens with zero attached hydrogens (tertiary/aromatic N) is 3. The number of ether oxygens (including phenoxy) is 5. The normalized spacial score (nSPS) is 17.3. The average Bonchev–Trinajstić information content (AvgIpc) is 0.835. The number of amides is 8. The number of hydrogen-bond acceptors (Lipinski definition) is 23. The summed E-state index contributed by atoms with van der Waals surface area (Å²) in [6, 6.07) is 38.6. The molecule has 0 aromatic heterocycles. The molecule has 3 aliphatic rings. The number of carbonyl (C=O) groups excluding carboxylic acids is 11. The molecule has 31 nitrogen and oxygen atoms in total. The second-order valence-corrected chi connectivity index (χ2v) is 45.7. The Labute approximate surface area is 848 Å². The maximum absolute atomic E-state index is 14.1. The standard InChI is InChI=1S/C39H54N4O6.C35H48N4O6.C30H40N4O4.C4H9F3O3SSi/c1-9-11-20-34(48-8)27(6)36(44)41-35(25(3)4)37(45)40-33(24-30-17-12-15-26(5)22-30)38(46)43-21-14-19-32(42-43)39(47)49-28(7)31-18-13-16-29(10-2)23-31;1-9-25-14-11-16-27(20-25)24(5)44-33(42)28-17-12-18-39(38-28)32(41)29(21-26-15-10-13-23(4)19-26)36-31(40)30(22(2)3)37-34(43)45-35(6,7)8;1-6-22-11-8-13-24(17-22)21(5)38-30(37)25-14-9-15-34(33-25)29(36)26(32-28(35)27(31)19(2)3)18-23-12-7-10-20(4)16-23;1-12(2,3)10-11(8,9)4(5,6)7/h9-10,12-13,15-18,22-23,25,27-28,32-35,42H,1-2,11,14,19-21,24H2,3-8H3,(H,40,45)(H,41,44);9-11,13-16,19-20,22,24,28-30,38H,1,12,17-18,21H2,2-8H3,(H,36,40)(H,37,43);6-8,10-13,16-17,19,21,25-27,33H,1,9,14-15,18,31H2,2-5H3,(H,32,35);1-3H3/t27-,28-,32+,33+,34-,35+;24-,28+,29+,30+;21-,25+,26+,27+;/m111./s1. The Morgan fingerprint density at radius 3 is 1.08 bits per heavy atom. The van der Waals surface area contributed by atoms with Gasteiger partial charge in [0, 0.05) is 46.0 Å². The van der Waals surface area contributed by atoms with E-state index in [2.05, 4.69) is 73.0 Å². The predicted molar refractivity (Wildman–Crippen MR) is 554 cm³/mol. The molecule has 3 aliphatic heterocycles. The minimum Gasteiger partial charge on any atom is -0.457 e. The monoisotopic (exact) mass is 2040 g/mol. The summed E-state index contributed by atoms with van der Waals surface area (Å²) >= 11 is 0. The number of esters is 3. The van der Waals surface area contributed by atoms with Crippen LogP contribution >= 0.6 is 0 Å². The van der Waals surface area contributed by atoms with Gasteiger partial charge in [-0.3, -0.25) is 63.0 Å². The molecule has 8 amide bonds. The maximum Gasteiger partial charge on any atom is 0.522 e. The number of hydrazine groups is 3. The van der Waals surface area contributed by atoms with E-state index in [0.717, 1.165) is 66.8 Å². The molecule has 0 spiro atoms. The van der Waals surface area contributed by atoms with E-state index in [4.69, 9.17) is 29.4 Å². The van der Waals surface area contributed by atoms with E-state index < -0.39 is 150 Å². The fraction of sp³-hybridized carbons (Fsp3) is 0.491. The molecular weight excluding hydrogens is 1890 g/mol. The van der Waals surface area contributed by atoms with Gasteiger partial charge in [0.15, 0.2) is 0 Å². The lowest BCUT2D eigenvalue weighted by Gasteiger charge is -2.36. The molecule has 3 fully saturated rings. The largest absolute Gasteiger partial charge is 0.522 e. The zero-order valence-corrected chi connectivity index (χ0v) is 88.7. The van der Waals surface area contributed by atoms with Gasteiger partial charge in [0.05, 0.1) is 18.1 Å². The Hall–Kier alpha value is -12.0. The number of nitrogens with one attached hydrogen (secondary N) is 8. The smallest absolute Gasteiger partial charge is 0.457 e. The van der Waals surface area contributed by atoms with E-state index in [0.29, 0.717) is 77.4 Å². The zero-order chi connectivity index (χ0) is 107. The molecule has 3 saturated heterocycles. The number of aryl methyl sites for hydroxylation is 3. The first kappa shape index (κ1) is 121. The molecule has 14 atom stereocenters. The van der Waals surface area contributed by atoms with Gasteiger partial charge in [-0.25, -0.2) is 21.1 Å². The lowest BCUT2D eigenvalue weighted by atomic mass is 9.96. The minimum atomic E-state index is -5.39. The summed E-state index contributed by atoms with van der Waals surface area (Å²) in [5, 5.41) is 18.5. The SMILES string of the molecule is C=CCC[C@@H](OC)[C@@H](C)C(=O)N[C@H](C(=O)N[C@@H](Cc1cccc(C)c1)C(=O)N1CCC[C@@H](C(=O)O[C@H](C)c2cccc(C=C)c2)N1)C(C)C.C=Cc1cccc([C@@H](C)OC(=O)[C@@H]2CCCN(C(=O)[C@H](Cc3cccc(C)c3)NC(=O)[C@@H](N)C(C)C)N2)c1.C=Cc1cccc([C@@H](C)OC(=O)[C@@H]2CCCN(C(=O)[C@H](Cc3cccc(C)c3)NC(=O)[C@@H](NC(=O)OC(C)(C)C)C(C)C)N2)c1.C[Si](C)(C)OS(=O)(=O)C(F)(F)F. The summed E-state index contributed by atoms with van der Waals surface area (Å²) in [5.74, 6) is -5.26.